The van der Waals surface area contributed by atoms with E-state index in [9.17, 15) is 13.2 Å². The minimum atomic E-state index is -4.51. The van der Waals surface area contributed by atoms with Gasteiger partial charge in [-0.2, -0.15) is 13.2 Å². The van der Waals surface area contributed by atoms with E-state index in [1.807, 2.05) is 11.8 Å². The summed E-state index contributed by atoms with van der Waals surface area (Å²) in [6.07, 6.45) is -3.51. The zero-order valence-electron chi connectivity index (χ0n) is 12.6. The first-order chi connectivity index (χ1) is 9.70. The molecule has 118 valence electrons. The van der Waals surface area contributed by atoms with Crippen molar-refractivity contribution in [2.24, 2.45) is 11.7 Å². The molecule has 0 saturated heterocycles. The van der Waals surface area contributed by atoms with Crippen molar-refractivity contribution < 1.29 is 13.2 Å². The molecule has 0 aliphatic heterocycles. The number of nitrogen functional groups attached to an aromatic ring is 1. The van der Waals surface area contributed by atoms with Crippen LogP contribution >= 0.6 is 0 Å². The molecule has 1 unspecified atom stereocenters. The lowest BCUT2D eigenvalue weighted by molar-refractivity contribution is -0.137. The number of amidine groups is 1. The van der Waals surface area contributed by atoms with E-state index in [1.54, 1.807) is 0 Å². The summed E-state index contributed by atoms with van der Waals surface area (Å²) in [5.41, 5.74) is 4.85. The van der Waals surface area contributed by atoms with Gasteiger partial charge in [-0.1, -0.05) is 20.3 Å². The highest BCUT2D eigenvalue weighted by Gasteiger charge is 2.34. The normalized spacial score (nSPS) is 13.0. The average molecular weight is 301 g/mol. The van der Waals surface area contributed by atoms with Gasteiger partial charge in [0.2, 0.25) is 0 Å². The number of halogens is 3. The van der Waals surface area contributed by atoms with Gasteiger partial charge in [-0.3, -0.25) is 5.41 Å². The van der Waals surface area contributed by atoms with Gasteiger partial charge in [-0.05, 0) is 31.0 Å². The first kappa shape index (κ1) is 17.3. The Kier molecular flexibility index (Phi) is 5.63. The zero-order valence-corrected chi connectivity index (χ0v) is 12.6. The number of nitrogens with one attached hydrogen (secondary N) is 1. The highest BCUT2D eigenvalue weighted by molar-refractivity contribution is 5.97. The number of hydrogen-bond donors (Lipinski definition) is 2. The van der Waals surface area contributed by atoms with Gasteiger partial charge in [0, 0.05) is 24.3 Å². The summed E-state index contributed by atoms with van der Waals surface area (Å²) in [6, 6.07) is 3.81. The molecule has 0 heterocycles. The summed E-state index contributed by atoms with van der Waals surface area (Å²) >= 11 is 0. The molecule has 6 heteroatoms. The Morgan fingerprint density at radius 1 is 1.33 bits per heavy atom. The van der Waals surface area contributed by atoms with Crippen molar-refractivity contribution in [1.82, 2.24) is 0 Å². The quantitative estimate of drug-likeness (QED) is 0.619. The lowest BCUT2D eigenvalue weighted by Gasteiger charge is -2.27. The van der Waals surface area contributed by atoms with Crippen molar-refractivity contribution in [2.75, 3.05) is 18.0 Å². The first-order valence-corrected chi connectivity index (χ1v) is 7.01. The number of rotatable bonds is 6. The largest absolute Gasteiger partial charge is 0.417 e. The lowest BCUT2D eigenvalue weighted by Crippen LogP contribution is -2.29. The predicted molar refractivity (Wildman–Crippen MR) is 79.8 cm³/mol. The van der Waals surface area contributed by atoms with Gasteiger partial charge in [0.05, 0.1) is 5.56 Å². The lowest BCUT2D eigenvalue weighted by atomic mass is 10.0. The predicted octanol–water partition coefficient (Wildman–Crippen LogP) is 3.86. The summed E-state index contributed by atoms with van der Waals surface area (Å²) in [5.74, 6) is -0.128. The van der Waals surface area contributed by atoms with Crippen LogP contribution in [0.2, 0.25) is 0 Å². The molecule has 0 aliphatic carbocycles. The highest BCUT2D eigenvalue weighted by atomic mass is 19.4. The molecular formula is C15H22F3N3. The summed E-state index contributed by atoms with van der Waals surface area (Å²) in [5, 5.41) is 7.39. The first-order valence-electron chi connectivity index (χ1n) is 7.01. The molecule has 0 saturated carbocycles. The summed E-state index contributed by atoms with van der Waals surface area (Å²) in [6.45, 7) is 7.57. The molecule has 3 nitrogen and oxygen atoms in total. The molecule has 1 aromatic carbocycles. The molecular weight excluding hydrogens is 279 g/mol. The fourth-order valence-electron chi connectivity index (χ4n) is 2.12. The van der Waals surface area contributed by atoms with E-state index in [1.165, 1.54) is 12.1 Å². The van der Waals surface area contributed by atoms with Crippen molar-refractivity contribution >= 4 is 11.5 Å². The standard InChI is InChI=1S/C15H22F3N3/c1-4-10(3)9-21(5-2)11-6-7-13(15(16,17)18)12(8-11)14(19)20/h6-8,10H,4-5,9H2,1-3H3,(H3,19,20). The van der Waals surface area contributed by atoms with Crippen molar-refractivity contribution in [2.45, 2.75) is 33.4 Å². The maximum absolute atomic E-state index is 12.9. The van der Waals surface area contributed by atoms with Crippen LogP contribution < -0.4 is 10.6 Å². The van der Waals surface area contributed by atoms with E-state index >= 15 is 0 Å². The van der Waals surface area contributed by atoms with Crippen LogP contribution in [-0.4, -0.2) is 18.9 Å². The number of nitrogens with two attached hydrogens (primary N) is 1. The third kappa shape index (κ3) is 4.37. The van der Waals surface area contributed by atoms with E-state index in [4.69, 9.17) is 11.1 Å². The Morgan fingerprint density at radius 2 is 1.95 bits per heavy atom. The maximum atomic E-state index is 12.9. The van der Waals surface area contributed by atoms with E-state index in [0.29, 0.717) is 18.2 Å². The van der Waals surface area contributed by atoms with Crippen LogP contribution in [0.3, 0.4) is 0 Å². The molecule has 0 aliphatic rings. The summed E-state index contributed by atoms with van der Waals surface area (Å²) in [4.78, 5) is 2.00. The van der Waals surface area contributed by atoms with Crippen LogP contribution in [0.4, 0.5) is 18.9 Å². The second kappa shape index (κ2) is 6.83. The van der Waals surface area contributed by atoms with Gasteiger partial charge in [0.1, 0.15) is 5.84 Å². The van der Waals surface area contributed by atoms with Crippen molar-refractivity contribution in [3.8, 4) is 0 Å². The fourth-order valence-corrected chi connectivity index (χ4v) is 2.12. The van der Waals surface area contributed by atoms with Gasteiger partial charge in [0.15, 0.2) is 0 Å². The van der Waals surface area contributed by atoms with Crippen LogP contribution in [-0.2, 0) is 6.18 Å². The zero-order chi connectivity index (χ0) is 16.2. The number of hydrogen-bond acceptors (Lipinski definition) is 2. The number of alkyl halides is 3. The van der Waals surface area contributed by atoms with Gasteiger partial charge < -0.3 is 10.6 Å². The molecule has 0 fully saturated rings. The maximum Gasteiger partial charge on any atom is 0.417 e. The van der Waals surface area contributed by atoms with Crippen molar-refractivity contribution in [1.29, 1.82) is 5.41 Å². The molecule has 1 atom stereocenters. The van der Waals surface area contributed by atoms with Gasteiger partial charge in [-0.25, -0.2) is 0 Å². The fraction of sp³-hybridized carbons (Fsp3) is 0.533. The van der Waals surface area contributed by atoms with Crippen molar-refractivity contribution in [3.05, 3.63) is 29.3 Å². The molecule has 1 rings (SSSR count). The number of benzene rings is 1. The summed E-state index contributed by atoms with van der Waals surface area (Å²) in [7, 11) is 0. The van der Waals surface area contributed by atoms with Crippen LogP contribution in [0, 0.1) is 11.3 Å². The van der Waals surface area contributed by atoms with Gasteiger partial charge in [0.25, 0.3) is 0 Å². The monoisotopic (exact) mass is 301 g/mol. The molecule has 3 N–H and O–H groups in total. The number of nitrogens with zero attached hydrogens (tertiary/aromatic N) is 1. The Bertz CT molecular complexity index is 497. The smallest absolute Gasteiger partial charge is 0.384 e. The van der Waals surface area contributed by atoms with E-state index < -0.39 is 17.6 Å². The Morgan fingerprint density at radius 3 is 2.38 bits per heavy atom. The summed E-state index contributed by atoms with van der Waals surface area (Å²) < 4.78 is 38.8. The molecule has 0 bridgehead atoms. The Balaban J connectivity index is 3.21. The second-order valence-corrected chi connectivity index (χ2v) is 5.19. The molecule has 0 amide bonds. The van der Waals surface area contributed by atoms with E-state index in [2.05, 4.69) is 13.8 Å². The van der Waals surface area contributed by atoms with Crippen LogP contribution in [0.1, 0.15) is 38.3 Å². The number of anilines is 1. The minimum Gasteiger partial charge on any atom is -0.384 e. The van der Waals surface area contributed by atoms with Crippen LogP contribution in [0.5, 0.6) is 0 Å². The minimum absolute atomic E-state index is 0.261. The van der Waals surface area contributed by atoms with Gasteiger partial charge in [-0.15, -0.1) is 0 Å². The second-order valence-electron chi connectivity index (χ2n) is 5.19. The van der Waals surface area contributed by atoms with E-state index in [0.717, 1.165) is 19.0 Å². The molecule has 0 radical (unpaired) electrons. The Labute approximate surface area is 123 Å². The molecule has 0 spiro atoms. The van der Waals surface area contributed by atoms with Crippen molar-refractivity contribution in [3.63, 3.8) is 0 Å². The highest BCUT2D eigenvalue weighted by Crippen LogP contribution is 2.34. The molecule has 21 heavy (non-hydrogen) atoms. The third-order valence-electron chi connectivity index (χ3n) is 3.57. The van der Waals surface area contributed by atoms with E-state index in [-0.39, 0.29) is 5.56 Å². The topological polar surface area (TPSA) is 53.1 Å². The molecule has 1 aromatic rings. The van der Waals surface area contributed by atoms with Crippen LogP contribution in [0.25, 0.3) is 0 Å². The van der Waals surface area contributed by atoms with Gasteiger partial charge >= 0.3 is 6.18 Å². The van der Waals surface area contributed by atoms with Crippen LogP contribution in [0.15, 0.2) is 18.2 Å². The SMILES string of the molecule is CCC(C)CN(CC)c1ccc(C(F)(F)F)c(C(=N)N)c1. The third-order valence-corrected chi connectivity index (χ3v) is 3.57. The molecule has 0 aromatic heterocycles. The Hall–Kier alpha value is -1.72. The average Bonchev–Trinajstić information content (AvgIpc) is 2.42.